The molecule has 1 aromatic heterocycles. The van der Waals surface area contributed by atoms with E-state index in [2.05, 4.69) is 36.4 Å². The lowest BCUT2D eigenvalue weighted by Crippen LogP contribution is -2.36. The molecule has 0 aliphatic rings. The number of nitrogens with zero attached hydrogens (tertiary/aromatic N) is 1. The van der Waals surface area contributed by atoms with Gasteiger partial charge >= 0.3 is 6.03 Å². The Bertz CT molecular complexity index is 665. The Balaban J connectivity index is 1.64. The summed E-state index contributed by atoms with van der Waals surface area (Å²) >= 11 is 9.16. The van der Waals surface area contributed by atoms with E-state index >= 15 is 0 Å². The number of aromatic nitrogens is 1. The molecular formula is C17H22ClN3OS2. The molecule has 24 heavy (non-hydrogen) atoms. The van der Waals surface area contributed by atoms with Gasteiger partial charge < -0.3 is 10.6 Å². The Morgan fingerprint density at radius 2 is 1.96 bits per heavy atom. The monoisotopic (exact) mass is 383 g/mol. The molecule has 1 heterocycles. The summed E-state index contributed by atoms with van der Waals surface area (Å²) < 4.78 is 0. The molecule has 0 aliphatic heterocycles. The summed E-state index contributed by atoms with van der Waals surface area (Å²) in [6.07, 6.45) is 0. The fraction of sp³-hybridized carbons (Fsp3) is 0.412. The number of nitrogens with one attached hydrogen (secondary N) is 2. The maximum atomic E-state index is 11.8. The van der Waals surface area contributed by atoms with Crippen LogP contribution in [0, 0.1) is 0 Å². The highest BCUT2D eigenvalue weighted by molar-refractivity contribution is 7.99. The van der Waals surface area contributed by atoms with Gasteiger partial charge in [0.25, 0.3) is 0 Å². The fourth-order valence-electron chi connectivity index (χ4n) is 1.83. The van der Waals surface area contributed by atoms with Crippen LogP contribution >= 0.6 is 34.7 Å². The van der Waals surface area contributed by atoms with Crippen molar-refractivity contribution in [1.82, 2.24) is 15.6 Å². The quantitative estimate of drug-likeness (QED) is 0.562. The fourth-order valence-corrected chi connectivity index (χ4v) is 3.63. The van der Waals surface area contributed by atoms with Crippen LogP contribution in [0.15, 0.2) is 34.5 Å². The minimum Gasteiger partial charge on any atom is -0.337 e. The molecule has 2 aromatic rings. The number of benzene rings is 1. The van der Waals surface area contributed by atoms with E-state index in [4.69, 9.17) is 11.6 Å². The molecule has 0 atom stereocenters. The molecule has 2 rings (SSSR count). The van der Waals surface area contributed by atoms with Gasteiger partial charge in [-0.25, -0.2) is 9.78 Å². The van der Waals surface area contributed by atoms with Crippen LogP contribution in [0.2, 0.25) is 5.02 Å². The second kappa shape index (κ2) is 8.74. The molecule has 7 heteroatoms. The number of hydrogen-bond donors (Lipinski definition) is 2. The summed E-state index contributed by atoms with van der Waals surface area (Å²) in [4.78, 5) is 17.5. The number of thiazole rings is 1. The van der Waals surface area contributed by atoms with Crippen molar-refractivity contribution in [1.29, 1.82) is 0 Å². The van der Waals surface area contributed by atoms with E-state index in [1.165, 1.54) is 0 Å². The van der Waals surface area contributed by atoms with Crippen LogP contribution in [0.4, 0.5) is 4.79 Å². The third kappa shape index (κ3) is 6.34. The highest BCUT2D eigenvalue weighted by atomic mass is 35.5. The van der Waals surface area contributed by atoms with Gasteiger partial charge in [-0.05, 0) is 24.3 Å². The van der Waals surface area contributed by atoms with Gasteiger partial charge in [0, 0.05) is 33.0 Å². The van der Waals surface area contributed by atoms with Crippen molar-refractivity contribution >= 4 is 40.7 Å². The molecule has 0 unspecified atom stereocenters. The highest BCUT2D eigenvalue weighted by Gasteiger charge is 2.17. The molecule has 0 saturated heterocycles. The summed E-state index contributed by atoms with van der Waals surface area (Å²) in [6, 6.07) is 7.51. The summed E-state index contributed by atoms with van der Waals surface area (Å²) in [5, 5.41) is 9.50. The van der Waals surface area contributed by atoms with E-state index in [1.54, 1.807) is 23.1 Å². The molecule has 4 nitrogen and oxygen atoms in total. The first-order valence-corrected chi connectivity index (χ1v) is 9.94. The van der Waals surface area contributed by atoms with Crippen LogP contribution < -0.4 is 10.6 Å². The van der Waals surface area contributed by atoms with Crippen molar-refractivity contribution in [2.75, 3.05) is 12.3 Å². The lowest BCUT2D eigenvalue weighted by atomic mass is 9.98. The van der Waals surface area contributed by atoms with Crippen LogP contribution in [0.1, 0.15) is 31.5 Å². The molecule has 1 aromatic carbocycles. The van der Waals surface area contributed by atoms with E-state index in [0.717, 1.165) is 26.4 Å². The van der Waals surface area contributed by atoms with Crippen LogP contribution in [0.25, 0.3) is 0 Å². The number of carbonyl (C=O) groups is 1. The lowest BCUT2D eigenvalue weighted by molar-refractivity contribution is 0.241. The number of urea groups is 1. The first-order chi connectivity index (χ1) is 11.3. The van der Waals surface area contributed by atoms with Gasteiger partial charge in [-0.1, -0.05) is 32.4 Å². The molecular weight excluding hydrogens is 362 g/mol. The van der Waals surface area contributed by atoms with E-state index in [-0.39, 0.29) is 11.4 Å². The Morgan fingerprint density at radius 1 is 1.25 bits per heavy atom. The molecule has 0 spiro atoms. The number of thioether (sulfide) groups is 1. The van der Waals surface area contributed by atoms with Gasteiger partial charge in [0.1, 0.15) is 0 Å². The Labute approximate surface area is 156 Å². The van der Waals surface area contributed by atoms with Crippen molar-refractivity contribution in [2.45, 2.75) is 37.6 Å². The Hall–Kier alpha value is -1.24. The first kappa shape index (κ1) is 19.1. The Morgan fingerprint density at radius 3 is 2.58 bits per heavy atom. The predicted octanol–water partition coefficient (Wildman–Crippen LogP) is 4.69. The van der Waals surface area contributed by atoms with Gasteiger partial charge in [-0.15, -0.1) is 23.1 Å². The van der Waals surface area contributed by atoms with Crippen LogP contribution in [0.3, 0.4) is 0 Å². The van der Waals surface area contributed by atoms with Gasteiger partial charge in [0.2, 0.25) is 0 Å². The standard InChI is InChI=1S/C17H22ClN3OS2/c1-17(2,3)15-21-13(11-24-15)10-20-16(22)19-8-9-23-14-6-4-12(18)5-7-14/h4-7,11H,8-10H2,1-3H3,(H2,19,20,22). The van der Waals surface area contributed by atoms with E-state index in [9.17, 15) is 4.79 Å². The van der Waals surface area contributed by atoms with E-state index in [0.29, 0.717) is 13.1 Å². The summed E-state index contributed by atoms with van der Waals surface area (Å²) in [7, 11) is 0. The van der Waals surface area contributed by atoms with Gasteiger partial charge in [-0.3, -0.25) is 0 Å². The van der Waals surface area contributed by atoms with Crippen LogP contribution in [-0.4, -0.2) is 23.3 Å². The lowest BCUT2D eigenvalue weighted by Gasteiger charge is -2.13. The molecule has 130 valence electrons. The number of carbonyl (C=O) groups excluding carboxylic acids is 1. The summed E-state index contributed by atoms with van der Waals surface area (Å²) in [5.41, 5.74) is 0.944. The molecule has 0 radical (unpaired) electrons. The van der Waals surface area contributed by atoms with Gasteiger partial charge in [-0.2, -0.15) is 0 Å². The topological polar surface area (TPSA) is 54.0 Å². The zero-order valence-electron chi connectivity index (χ0n) is 14.1. The smallest absolute Gasteiger partial charge is 0.315 e. The molecule has 0 fully saturated rings. The third-order valence-electron chi connectivity index (χ3n) is 3.09. The predicted molar refractivity (Wildman–Crippen MR) is 103 cm³/mol. The molecule has 2 amide bonds. The molecule has 0 saturated carbocycles. The largest absolute Gasteiger partial charge is 0.337 e. The second-order valence-electron chi connectivity index (χ2n) is 6.31. The highest BCUT2D eigenvalue weighted by Crippen LogP contribution is 2.25. The second-order valence-corrected chi connectivity index (χ2v) is 8.77. The summed E-state index contributed by atoms with van der Waals surface area (Å²) in [6.45, 7) is 7.45. The van der Waals surface area contributed by atoms with Crippen molar-refractivity contribution in [2.24, 2.45) is 0 Å². The maximum absolute atomic E-state index is 11.8. The van der Waals surface area contributed by atoms with Gasteiger partial charge in [0.15, 0.2) is 0 Å². The summed E-state index contributed by atoms with van der Waals surface area (Å²) in [5.74, 6) is 0.805. The molecule has 0 aliphatic carbocycles. The van der Waals surface area contributed by atoms with Crippen molar-refractivity contribution in [3.63, 3.8) is 0 Å². The number of hydrogen-bond acceptors (Lipinski definition) is 4. The van der Waals surface area contributed by atoms with Crippen molar-refractivity contribution in [3.8, 4) is 0 Å². The number of rotatable bonds is 6. The SMILES string of the molecule is CC(C)(C)c1nc(CNC(=O)NCCSc2ccc(Cl)cc2)cs1. The van der Waals surface area contributed by atoms with Crippen molar-refractivity contribution in [3.05, 3.63) is 45.4 Å². The average Bonchev–Trinajstić information content (AvgIpc) is 3.00. The zero-order valence-corrected chi connectivity index (χ0v) is 16.4. The number of halogens is 1. The van der Waals surface area contributed by atoms with E-state index in [1.807, 2.05) is 29.6 Å². The van der Waals surface area contributed by atoms with Crippen molar-refractivity contribution < 1.29 is 4.79 Å². The molecule has 2 N–H and O–H groups in total. The third-order valence-corrected chi connectivity index (χ3v) is 5.68. The number of amides is 2. The minimum absolute atomic E-state index is 0.0457. The molecule has 0 bridgehead atoms. The van der Waals surface area contributed by atoms with Gasteiger partial charge in [0.05, 0.1) is 17.2 Å². The van der Waals surface area contributed by atoms with Crippen LogP contribution in [0.5, 0.6) is 0 Å². The normalized spacial score (nSPS) is 11.3. The maximum Gasteiger partial charge on any atom is 0.315 e. The zero-order chi connectivity index (χ0) is 17.6. The van der Waals surface area contributed by atoms with E-state index < -0.39 is 0 Å². The minimum atomic E-state index is -0.169. The van der Waals surface area contributed by atoms with Crippen LogP contribution in [-0.2, 0) is 12.0 Å². The average molecular weight is 384 g/mol. The Kier molecular flexibility index (Phi) is 6.95. The first-order valence-electron chi connectivity index (χ1n) is 7.69.